The molecule has 90 valence electrons. The number of benzene rings is 1. The van der Waals surface area contributed by atoms with Gasteiger partial charge in [0.2, 0.25) is 0 Å². The molecule has 0 amide bonds. The minimum Gasteiger partial charge on any atom is -0.480 e. The standard InChI is InChI=1S/C12H13NO4/c13-10(11(14)15)7-2-3-8-9(6-7)17-12(16-8)4-1-5-12/h2-3,6,10H,1,4-5,13H2,(H,14,15). The van der Waals surface area contributed by atoms with Gasteiger partial charge in [-0.1, -0.05) is 6.07 Å². The number of aliphatic carboxylic acids is 1. The molecule has 2 aliphatic rings. The van der Waals surface area contributed by atoms with Gasteiger partial charge in [-0.25, -0.2) is 0 Å². The van der Waals surface area contributed by atoms with Crippen molar-refractivity contribution in [2.75, 3.05) is 0 Å². The number of rotatable bonds is 2. The van der Waals surface area contributed by atoms with E-state index in [9.17, 15) is 4.79 Å². The molecular formula is C12H13NO4. The van der Waals surface area contributed by atoms with E-state index in [-0.39, 0.29) is 0 Å². The fourth-order valence-corrected chi connectivity index (χ4v) is 2.12. The Balaban J connectivity index is 1.89. The zero-order valence-electron chi connectivity index (χ0n) is 9.18. The quantitative estimate of drug-likeness (QED) is 0.810. The first kappa shape index (κ1) is 10.4. The van der Waals surface area contributed by atoms with Crippen molar-refractivity contribution in [3.05, 3.63) is 23.8 Å². The summed E-state index contributed by atoms with van der Waals surface area (Å²) in [6.07, 6.45) is 2.85. The Morgan fingerprint density at radius 2 is 2.06 bits per heavy atom. The van der Waals surface area contributed by atoms with Crippen molar-refractivity contribution >= 4 is 5.97 Å². The molecule has 1 saturated carbocycles. The summed E-state index contributed by atoms with van der Waals surface area (Å²) in [6.45, 7) is 0. The molecule has 3 rings (SSSR count). The molecule has 1 aliphatic heterocycles. The highest BCUT2D eigenvalue weighted by atomic mass is 16.7. The number of hydrogen-bond acceptors (Lipinski definition) is 4. The molecule has 0 aromatic heterocycles. The average molecular weight is 235 g/mol. The smallest absolute Gasteiger partial charge is 0.325 e. The normalized spacial score (nSPS) is 21.0. The van der Waals surface area contributed by atoms with E-state index in [0.717, 1.165) is 19.3 Å². The average Bonchev–Trinajstić information content (AvgIpc) is 2.65. The van der Waals surface area contributed by atoms with Crippen LogP contribution in [0, 0.1) is 0 Å². The van der Waals surface area contributed by atoms with E-state index in [4.69, 9.17) is 20.3 Å². The van der Waals surface area contributed by atoms with Gasteiger partial charge in [-0.05, 0) is 24.1 Å². The van der Waals surface area contributed by atoms with Gasteiger partial charge >= 0.3 is 5.97 Å². The molecule has 5 nitrogen and oxygen atoms in total. The highest BCUT2D eigenvalue weighted by molar-refractivity contribution is 5.75. The van der Waals surface area contributed by atoms with Crippen molar-refractivity contribution in [3.63, 3.8) is 0 Å². The summed E-state index contributed by atoms with van der Waals surface area (Å²) >= 11 is 0. The molecule has 1 spiro atoms. The van der Waals surface area contributed by atoms with Crippen molar-refractivity contribution in [2.45, 2.75) is 31.1 Å². The van der Waals surface area contributed by atoms with E-state index in [1.54, 1.807) is 18.2 Å². The topological polar surface area (TPSA) is 81.8 Å². The third-order valence-electron chi connectivity index (χ3n) is 3.30. The van der Waals surface area contributed by atoms with E-state index >= 15 is 0 Å². The van der Waals surface area contributed by atoms with Gasteiger partial charge in [0.15, 0.2) is 11.5 Å². The van der Waals surface area contributed by atoms with Gasteiger partial charge in [0, 0.05) is 12.8 Å². The number of nitrogens with two attached hydrogens (primary N) is 1. The van der Waals surface area contributed by atoms with Crippen LogP contribution in [-0.4, -0.2) is 16.9 Å². The summed E-state index contributed by atoms with van der Waals surface area (Å²) in [5, 5.41) is 8.85. The number of fused-ring (bicyclic) bond motifs is 1. The van der Waals surface area contributed by atoms with Crippen LogP contribution in [0.25, 0.3) is 0 Å². The molecule has 0 saturated heterocycles. The van der Waals surface area contributed by atoms with Crippen molar-refractivity contribution in [1.82, 2.24) is 0 Å². The SMILES string of the molecule is NC(C(=O)O)c1ccc2c(c1)OC1(CCC1)O2. The lowest BCUT2D eigenvalue weighted by Crippen LogP contribution is -2.45. The largest absolute Gasteiger partial charge is 0.480 e. The molecular weight excluding hydrogens is 222 g/mol. The van der Waals surface area contributed by atoms with Crippen LogP contribution < -0.4 is 15.2 Å². The van der Waals surface area contributed by atoms with Gasteiger partial charge in [-0.2, -0.15) is 0 Å². The predicted molar refractivity (Wildman–Crippen MR) is 58.8 cm³/mol. The lowest BCUT2D eigenvalue weighted by molar-refractivity contribution is -0.138. The van der Waals surface area contributed by atoms with Crippen LogP contribution in [0.2, 0.25) is 0 Å². The Morgan fingerprint density at radius 3 is 2.65 bits per heavy atom. The molecule has 3 N–H and O–H groups in total. The van der Waals surface area contributed by atoms with E-state index < -0.39 is 17.8 Å². The van der Waals surface area contributed by atoms with Crippen LogP contribution >= 0.6 is 0 Å². The summed E-state index contributed by atoms with van der Waals surface area (Å²) in [5.74, 6) is -0.277. The fraction of sp³-hybridized carbons (Fsp3) is 0.417. The molecule has 1 fully saturated rings. The van der Waals surface area contributed by atoms with Crippen molar-refractivity contribution in [1.29, 1.82) is 0 Å². The monoisotopic (exact) mass is 235 g/mol. The third-order valence-corrected chi connectivity index (χ3v) is 3.30. The van der Waals surface area contributed by atoms with Crippen LogP contribution in [0.5, 0.6) is 11.5 Å². The fourth-order valence-electron chi connectivity index (χ4n) is 2.12. The number of hydrogen-bond donors (Lipinski definition) is 2. The second-order valence-corrected chi connectivity index (χ2v) is 4.49. The van der Waals surface area contributed by atoms with Gasteiger partial charge in [0.05, 0.1) is 0 Å². The second kappa shape index (κ2) is 3.37. The summed E-state index contributed by atoms with van der Waals surface area (Å²) in [5.41, 5.74) is 6.07. The third kappa shape index (κ3) is 1.54. The van der Waals surface area contributed by atoms with Crippen molar-refractivity contribution in [2.24, 2.45) is 5.73 Å². The number of carboxylic acids is 1. The molecule has 1 aliphatic carbocycles. The van der Waals surface area contributed by atoms with E-state index in [2.05, 4.69) is 0 Å². The zero-order valence-corrected chi connectivity index (χ0v) is 9.18. The minimum atomic E-state index is -1.05. The Labute approximate surface area is 98.1 Å². The lowest BCUT2D eigenvalue weighted by atomic mass is 9.91. The first-order chi connectivity index (χ1) is 8.10. The Kier molecular flexibility index (Phi) is 2.06. The lowest BCUT2D eigenvalue weighted by Gasteiger charge is -2.35. The van der Waals surface area contributed by atoms with E-state index in [1.807, 2.05) is 0 Å². The maximum Gasteiger partial charge on any atom is 0.325 e. The summed E-state index contributed by atoms with van der Waals surface area (Å²) in [6, 6.07) is 4.02. The van der Waals surface area contributed by atoms with Crippen LogP contribution in [0.4, 0.5) is 0 Å². The Morgan fingerprint density at radius 1 is 1.35 bits per heavy atom. The molecule has 1 heterocycles. The van der Waals surface area contributed by atoms with Crippen LogP contribution in [0.3, 0.4) is 0 Å². The van der Waals surface area contributed by atoms with Crippen molar-refractivity contribution in [3.8, 4) is 11.5 Å². The van der Waals surface area contributed by atoms with Gasteiger partial charge in [-0.15, -0.1) is 0 Å². The Hall–Kier alpha value is -1.75. The van der Waals surface area contributed by atoms with Crippen LogP contribution in [0.15, 0.2) is 18.2 Å². The van der Waals surface area contributed by atoms with E-state index in [1.165, 1.54) is 0 Å². The molecule has 17 heavy (non-hydrogen) atoms. The molecule has 0 bridgehead atoms. The number of ether oxygens (including phenoxy) is 2. The predicted octanol–water partition coefficient (Wildman–Crippen LogP) is 1.42. The maximum atomic E-state index is 10.8. The van der Waals surface area contributed by atoms with Crippen LogP contribution in [0.1, 0.15) is 30.9 Å². The highest BCUT2D eigenvalue weighted by Crippen LogP contribution is 2.48. The molecule has 1 aromatic carbocycles. The molecule has 1 atom stereocenters. The summed E-state index contributed by atoms with van der Waals surface area (Å²) in [7, 11) is 0. The maximum absolute atomic E-state index is 10.8. The minimum absolute atomic E-state index is 0.492. The van der Waals surface area contributed by atoms with Gasteiger partial charge in [0.1, 0.15) is 6.04 Å². The molecule has 5 heteroatoms. The Bertz CT molecular complexity index is 481. The second-order valence-electron chi connectivity index (χ2n) is 4.49. The van der Waals surface area contributed by atoms with Crippen molar-refractivity contribution < 1.29 is 19.4 Å². The van der Waals surface area contributed by atoms with Crippen LogP contribution in [-0.2, 0) is 4.79 Å². The molecule has 0 radical (unpaired) electrons. The van der Waals surface area contributed by atoms with Gasteiger partial charge in [-0.3, -0.25) is 4.79 Å². The first-order valence-corrected chi connectivity index (χ1v) is 5.60. The van der Waals surface area contributed by atoms with E-state index in [0.29, 0.717) is 17.1 Å². The summed E-state index contributed by atoms with van der Waals surface area (Å²) < 4.78 is 11.4. The number of carboxylic acid groups (broad SMARTS) is 1. The number of carbonyl (C=O) groups is 1. The zero-order chi connectivity index (χ0) is 12.0. The first-order valence-electron chi connectivity index (χ1n) is 5.60. The summed E-state index contributed by atoms with van der Waals surface area (Å²) in [4.78, 5) is 10.8. The van der Waals surface area contributed by atoms with Gasteiger partial charge in [0.25, 0.3) is 5.79 Å². The molecule has 1 aromatic rings. The highest BCUT2D eigenvalue weighted by Gasteiger charge is 2.47. The molecule has 1 unspecified atom stereocenters. The van der Waals surface area contributed by atoms with Gasteiger partial charge < -0.3 is 20.3 Å².